The summed E-state index contributed by atoms with van der Waals surface area (Å²) >= 11 is 0. The van der Waals surface area contributed by atoms with Gasteiger partial charge in [0.05, 0.1) is 0 Å². The Balaban J connectivity index is 2.05. The fraction of sp³-hybridized carbons (Fsp3) is 0.500. The molecule has 3 N–H and O–H groups in total. The monoisotopic (exact) mass is 308 g/mol. The molecule has 1 aliphatic rings. The van der Waals surface area contributed by atoms with Crippen molar-refractivity contribution in [2.45, 2.75) is 38.8 Å². The minimum absolute atomic E-state index is 0.0107. The number of fused-ring (bicyclic) bond motifs is 1. The Hall–Kier alpha value is -1.60. The lowest BCUT2D eigenvalue weighted by molar-refractivity contribution is 0.457. The zero-order valence-corrected chi connectivity index (χ0v) is 13.4. The zero-order valence-electron chi connectivity index (χ0n) is 12.6. The quantitative estimate of drug-likeness (QED) is 0.902. The van der Waals surface area contributed by atoms with Gasteiger partial charge in [0, 0.05) is 12.2 Å². The van der Waals surface area contributed by atoms with Crippen LogP contribution in [0.3, 0.4) is 0 Å². The van der Waals surface area contributed by atoms with Gasteiger partial charge in [0.2, 0.25) is 0 Å². The lowest BCUT2D eigenvalue weighted by Crippen LogP contribution is -2.31. The summed E-state index contributed by atoms with van der Waals surface area (Å²) in [4.78, 5) is 4.10. The van der Waals surface area contributed by atoms with Gasteiger partial charge >= 0.3 is 0 Å². The molecule has 3 rings (SSSR count). The summed E-state index contributed by atoms with van der Waals surface area (Å²) in [5, 5.41) is 0.0107. The summed E-state index contributed by atoms with van der Waals surface area (Å²) in [6.07, 6.45) is 1.65. The summed E-state index contributed by atoms with van der Waals surface area (Å²) in [6, 6.07) is 5.14. The lowest BCUT2D eigenvalue weighted by atomic mass is 10.0. The van der Waals surface area contributed by atoms with Crippen molar-refractivity contribution in [1.82, 2.24) is 14.1 Å². The van der Waals surface area contributed by atoms with Gasteiger partial charge in [-0.05, 0) is 23.0 Å². The van der Waals surface area contributed by atoms with Crippen LogP contribution < -0.4 is 10.5 Å². The van der Waals surface area contributed by atoms with Crippen LogP contribution in [0.25, 0.3) is 5.65 Å². The number of nitrogens with zero attached hydrogens (tertiary/aromatic N) is 2. The minimum atomic E-state index is -3.73. The molecule has 21 heavy (non-hydrogen) atoms. The van der Waals surface area contributed by atoms with E-state index in [0.717, 1.165) is 0 Å². The molecule has 1 aliphatic carbocycles. The molecule has 0 spiro atoms. The molecule has 2 aromatic rings. The van der Waals surface area contributed by atoms with Crippen LogP contribution in [0.2, 0.25) is 0 Å². The highest BCUT2D eigenvalue weighted by molar-refractivity contribution is 7.89. The third-order valence-electron chi connectivity index (χ3n) is 5.06. The van der Waals surface area contributed by atoms with Crippen LogP contribution in [0.4, 0.5) is 5.82 Å². The second kappa shape index (κ2) is 3.98. The van der Waals surface area contributed by atoms with Crippen molar-refractivity contribution < 1.29 is 8.42 Å². The van der Waals surface area contributed by atoms with Gasteiger partial charge in [-0.15, -0.1) is 0 Å². The van der Waals surface area contributed by atoms with Crippen molar-refractivity contribution in [2.24, 2.45) is 10.8 Å². The van der Waals surface area contributed by atoms with E-state index in [2.05, 4.69) is 37.4 Å². The van der Waals surface area contributed by atoms with Crippen molar-refractivity contribution in [3.63, 3.8) is 0 Å². The number of aromatic nitrogens is 2. The zero-order chi connectivity index (χ0) is 15.6. The molecule has 0 saturated heterocycles. The van der Waals surface area contributed by atoms with Crippen LogP contribution in [0.5, 0.6) is 0 Å². The van der Waals surface area contributed by atoms with Crippen molar-refractivity contribution in [1.29, 1.82) is 0 Å². The van der Waals surface area contributed by atoms with E-state index in [4.69, 9.17) is 5.73 Å². The predicted molar refractivity (Wildman–Crippen MR) is 81.3 cm³/mol. The van der Waals surface area contributed by atoms with Crippen LogP contribution in [0.1, 0.15) is 27.7 Å². The lowest BCUT2D eigenvalue weighted by Gasteiger charge is -2.08. The number of nitrogens with two attached hydrogens (primary N) is 1. The van der Waals surface area contributed by atoms with Gasteiger partial charge in [-0.2, -0.15) is 0 Å². The van der Waals surface area contributed by atoms with E-state index in [1.165, 1.54) is 4.40 Å². The molecule has 0 atom stereocenters. The first kappa shape index (κ1) is 14.3. The smallest absolute Gasteiger partial charge is 0.260 e. The first-order valence-electron chi connectivity index (χ1n) is 6.84. The topological polar surface area (TPSA) is 89.5 Å². The Morgan fingerprint density at radius 2 is 1.86 bits per heavy atom. The highest BCUT2D eigenvalue weighted by Gasteiger charge is 2.66. The van der Waals surface area contributed by atoms with Crippen LogP contribution >= 0.6 is 0 Å². The summed E-state index contributed by atoms with van der Waals surface area (Å²) in [7, 11) is -3.73. The largest absolute Gasteiger partial charge is 0.381 e. The normalized spacial score (nSPS) is 20.8. The van der Waals surface area contributed by atoms with E-state index in [-0.39, 0.29) is 27.7 Å². The van der Waals surface area contributed by atoms with E-state index in [9.17, 15) is 8.42 Å². The van der Waals surface area contributed by atoms with E-state index in [1.54, 1.807) is 24.4 Å². The summed E-state index contributed by atoms with van der Waals surface area (Å²) < 4.78 is 29.7. The molecule has 0 aliphatic heterocycles. The van der Waals surface area contributed by atoms with E-state index < -0.39 is 10.0 Å². The number of pyridine rings is 1. The minimum Gasteiger partial charge on any atom is -0.381 e. The number of sulfonamides is 1. The highest BCUT2D eigenvalue weighted by atomic mass is 32.2. The van der Waals surface area contributed by atoms with Crippen molar-refractivity contribution in [2.75, 3.05) is 5.73 Å². The average molecular weight is 308 g/mol. The maximum Gasteiger partial charge on any atom is 0.260 e. The predicted octanol–water partition coefficient (Wildman–Crippen LogP) is 1.63. The second-order valence-electron chi connectivity index (χ2n) is 6.73. The molecule has 2 aromatic heterocycles. The Bertz CT molecular complexity index is 807. The number of anilines is 1. The first-order chi connectivity index (χ1) is 9.59. The molecule has 0 bridgehead atoms. The Labute approximate surface area is 124 Å². The Morgan fingerprint density at radius 1 is 1.24 bits per heavy atom. The highest BCUT2D eigenvalue weighted by Crippen LogP contribution is 2.63. The number of nitrogens with one attached hydrogen (secondary N) is 1. The van der Waals surface area contributed by atoms with Gasteiger partial charge in [-0.1, -0.05) is 33.8 Å². The fourth-order valence-electron chi connectivity index (χ4n) is 2.96. The second-order valence-corrected chi connectivity index (χ2v) is 8.36. The molecule has 0 radical (unpaired) electrons. The van der Waals surface area contributed by atoms with Crippen molar-refractivity contribution in [3.05, 3.63) is 24.4 Å². The van der Waals surface area contributed by atoms with Gasteiger partial charge < -0.3 is 5.73 Å². The van der Waals surface area contributed by atoms with Gasteiger partial charge in [-0.3, -0.25) is 4.40 Å². The molecule has 0 aromatic carbocycles. The Kier molecular flexibility index (Phi) is 2.72. The molecule has 6 nitrogen and oxygen atoms in total. The number of hydrogen-bond donors (Lipinski definition) is 2. The summed E-state index contributed by atoms with van der Waals surface area (Å²) in [6.45, 7) is 8.21. The molecule has 114 valence electrons. The van der Waals surface area contributed by atoms with E-state index in [0.29, 0.717) is 5.65 Å². The van der Waals surface area contributed by atoms with Crippen LogP contribution in [-0.2, 0) is 10.0 Å². The molecule has 0 amide bonds. The van der Waals surface area contributed by atoms with Crippen LogP contribution in [0, 0.1) is 10.8 Å². The van der Waals surface area contributed by atoms with Gasteiger partial charge in [0.25, 0.3) is 10.0 Å². The summed E-state index contributed by atoms with van der Waals surface area (Å²) in [5.41, 5.74) is 6.16. The molecule has 2 heterocycles. The van der Waals surface area contributed by atoms with Crippen molar-refractivity contribution >= 4 is 21.5 Å². The maximum atomic E-state index is 12.7. The van der Waals surface area contributed by atoms with E-state index in [1.807, 2.05) is 0 Å². The molecular weight excluding hydrogens is 288 g/mol. The van der Waals surface area contributed by atoms with Gasteiger partial charge in [-0.25, -0.2) is 18.1 Å². The first-order valence-corrected chi connectivity index (χ1v) is 8.32. The van der Waals surface area contributed by atoms with Crippen molar-refractivity contribution in [3.8, 4) is 0 Å². The third-order valence-corrected chi connectivity index (χ3v) is 6.52. The van der Waals surface area contributed by atoms with Gasteiger partial charge in [0.15, 0.2) is 10.8 Å². The molecule has 7 heteroatoms. The molecular formula is C14H20N4O2S. The van der Waals surface area contributed by atoms with Crippen LogP contribution in [0.15, 0.2) is 29.4 Å². The standard InChI is InChI=1S/C14H20N4O2S/c1-13(2)12(14(13,3)4)17-21(19,20)11-10(15)16-9-7-5-6-8-18(9)11/h5-8,12,17H,15H2,1-4H3. The average Bonchev–Trinajstić information content (AvgIpc) is 2.69. The molecule has 1 saturated carbocycles. The SMILES string of the molecule is CC1(C)C(NS(=O)(=O)c2c(N)nc3ccccn23)C1(C)C. The summed E-state index contributed by atoms with van der Waals surface area (Å²) in [5.74, 6) is 0.0185. The van der Waals surface area contributed by atoms with E-state index >= 15 is 0 Å². The number of rotatable bonds is 3. The maximum absolute atomic E-state index is 12.7. The van der Waals surface area contributed by atoms with Crippen LogP contribution in [-0.4, -0.2) is 23.8 Å². The third kappa shape index (κ3) is 1.87. The Morgan fingerprint density at radius 3 is 2.43 bits per heavy atom. The number of imidazole rings is 1. The number of nitrogen functional groups attached to an aromatic ring is 1. The number of hydrogen-bond acceptors (Lipinski definition) is 4. The molecule has 1 fully saturated rings. The molecule has 0 unspecified atom stereocenters. The fourth-order valence-corrected chi connectivity index (χ4v) is 4.71. The van der Waals surface area contributed by atoms with Gasteiger partial charge in [0.1, 0.15) is 5.65 Å².